The van der Waals surface area contributed by atoms with Crippen molar-refractivity contribution in [3.63, 3.8) is 0 Å². The van der Waals surface area contributed by atoms with Crippen molar-refractivity contribution < 1.29 is 13.2 Å². The molecule has 0 N–H and O–H groups in total. The molecular weight excluding hydrogens is 236 g/mol. The van der Waals surface area contributed by atoms with E-state index in [0.29, 0.717) is 5.92 Å². The predicted octanol–water partition coefficient (Wildman–Crippen LogP) is 2.37. The maximum Gasteiger partial charge on any atom is 0.156 e. The number of sulfone groups is 1. The molecule has 4 heteroatoms. The second-order valence-electron chi connectivity index (χ2n) is 4.48. The minimum absolute atomic E-state index is 0.0788. The Kier molecular flexibility index (Phi) is 5.15. The van der Waals surface area contributed by atoms with Gasteiger partial charge in [-0.3, -0.25) is 0 Å². The molecule has 0 amide bonds. The number of methoxy groups -OCH3 is 1. The lowest BCUT2D eigenvalue weighted by Gasteiger charge is -2.07. The maximum atomic E-state index is 11.7. The number of hydrogen-bond donors (Lipinski definition) is 0. The summed E-state index contributed by atoms with van der Waals surface area (Å²) < 4.78 is 28.2. The van der Waals surface area contributed by atoms with Crippen LogP contribution in [0.4, 0.5) is 0 Å². The summed E-state index contributed by atoms with van der Waals surface area (Å²) in [6.07, 6.45) is 0. The van der Waals surface area contributed by atoms with Gasteiger partial charge in [0.15, 0.2) is 9.84 Å². The van der Waals surface area contributed by atoms with E-state index in [1.165, 1.54) is 12.7 Å². The van der Waals surface area contributed by atoms with Gasteiger partial charge in [0.05, 0.1) is 18.1 Å². The van der Waals surface area contributed by atoms with Crippen molar-refractivity contribution in [3.05, 3.63) is 35.4 Å². The molecule has 17 heavy (non-hydrogen) atoms. The zero-order valence-corrected chi connectivity index (χ0v) is 11.5. The molecule has 0 heterocycles. The lowest BCUT2D eigenvalue weighted by atomic mass is 10.0. The van der Waals surface area contributed by atoms with E-state index in [0.717, 1.165) is 5.56 Å². The van der Waals surface area contributed by atoms with Crippen molar-refractivity contribution in [2.24, 2.45) is 0 Å². The summed E-state index contributed by atoms with van der Waals surface area (Å²) in [5.74, 6) is 0.638. The van der Waals surface area contributed by atoms with Crippen molar-refractivity contribution in [2.45, 2.75) is 25.5 Å². The summed E-state index contributed by atoms with van der Waals surface area (Å²) in [5.41, 5.74) is 2.06. The topological polar surface area (TPSA) is 43.4 Å². The van der Waals surface area contributed by atoms with Crippen molar-refractivity contribution >= 4 is 9.84 Å². The molecule has 0 fully saturated rings. The van der Waals surface area contributed by atoms with Crippen LogP contribution in [0.25, 0.3) is 0 Å². The van der Waals surface area contributed by atoms with Crippen LogP contribution in [0.3, 0.4) is 0 Å². The highest BCUT2D eigenvalue weighted by atomic mass is 32.2. The molecule has 0 unspecified atom stereocenters. The van der Waals surface area contributed by atoms with E-state index in [9.17, 15) is 8.42 Å². The fourth-order valence-corrected chi connectivity index (χ4v) is 2.80. The number of rotatable bonds is 6. The minimum Gasteiger partial charge on any atom is -0.384 e. The van der Waals surface area contributed by atoms with Crippen LogP contribution < -0.4 is 0 Å². The highest BCUT2D eigenvalue weighted by molar-refractivity contribution is 7.90. The summed E-state index contributed by atoms with van der Waals surface area (Å²) in [4.78, 5) is 0. The van der Waals surface area contributed by atoms with E-state index in [2.05, 4.69) is 13.8 Å². The van der Waals surface area contributed by atoms with Crippen molar-refractivity contribution in [2.75, 3.05) is 19.5 Å². The van der Waals surface area contributed by atoms with Gasteiger partial charge < -0.3 is 4.74 Å². The van der Waals surface area contributed by atoms with E-state index in [1.54, 1.807) is 0 Å². The molecule has 0 spiro atoms. The molecule has 1 aromatic carbocycles. The van der Waals surface area contributed by atoms with E-state index >= 15 is 0 Å². The quantitative estimate of drug-likeness (QED) is 0.785. The first-order chi connectivity index (χ1) is 7.94. The zero-order valence-electron chi connectivity index (χ0n) is 10.6. The average molecular weight is 256 g/mol. The Morgan fingerprint density at radius 1 is 1.18 bits per heavy atom. The van der Waals surface area contributed by atoms with Crippen molar-refractivity contribution in [1.29, 1.82) is 0 Å². The van der Waals surface area contributed by atoms with E-state index < -0.39 is 9.84 Å². The van der Waals surface area contributed by atoms with Gasteiger partial charge in [0.2, 0.25) is 0 Å². The van der Waals surface area contributed by atoms with Crippen LogP contribution in [0.2, 0.25) is 0 Å². The van der Waals surface area contributed by atoms with Gasteiger partial charge in [-0.05, 0) is 17.0 Å². The van der Waals surface area contributed by atoms with Crippen molar-refractivity contribution in [3.8, 4) is 0 Å². The Morgan fingerprint density at radius 3 is 2.24 bits per heavy atom. The van der Waals surface area contributed by atoms with Gasteiger partial charge in [-0.25, -0.2) is 8.42 Å². The van der Waals surface area contributed by atoms with Crippen LogP contribution in [-0.4, -0.2) is 27.9 Å². The Hall–Kier alpha value is -0.870. The summed E-state index contributed by atoms with van der Waals surface area (Å²) in [5, 5.41) is 0. The largest absolute Gasteiger partial charge is 0.384 e. The van der Waals surface area contributed by atoms with Gasteiger partial charge in [-0.2, -0.15) is 0 Å². The molecule has 0 radical (unpaired) electrons. The monoisotopic (exact) mass is 256 g/mol. The Morgan fingerprint density at radius 2 is 1.76 bits per heavy atom. The number of hydrogen-bond acceptors (Lipinski definition) is 3. The highest BCUT2D eigenvalue weighted by Crippen LogP contribution is 2.16. The maximum absolute atomic E-state index is 11.7. The standard InChI is InChI=1S/C13H20O3S/c1-11(2)13-6-4-12(5-7-13)10-17(14,15)9-8-16-3/h4-7,11H,8-10H2,1-3H3. The third kappa shape index (κ3) is 4.88. The molecule has 1 aromatic rings. The second-order valence-corrected chi connectivity index (χ2v) is 6.67. The fourth-order valence-electron chi connectivity index (χ4n) is 1.54. The normalized spacial score (nSPS) is 12.0. The number of benzene rings is 1. The molecule has 0 bridgehead atoms. The first-order valence-corrected chi connectivity index (χ1v) is 7.55. The van der Waals surface area contributed by atoms with Crippen LogP contribution in [-0.2, 0) is 20.3 Å². The Labute approximate surface area is 104 Å². The molecule has 1 rings (SSSR count). The highest BCUT2D eigenvalue weighted by Gasteiger charge is 2.11. The van der Waals surface area contributed by atoms with Crippen LogP contribution >= 0.6 is 0 Å². The molecule has 0 aliphatic carbocycles. The Balaban J connectivity index is 2.69. The van der Waals surface area contributed by atoms with Gasteiger partial charge in [-0.15, -0.1) is 0 Å². The van der Waals surface area contributed by atoms with E-state index in [1.807, 2.05) is 24.3 Å². The minimum atomic E-state index is -3.05. The molecule has 96 valence electrons. The van der Waals surface area contributed by atoms with E-state index in [4.69, 9.17) is 4.74 Å². The summed E-state index contributed by atoms with van der Waals surface area (Å²) in [6, 6.07) is 7.76. The third-order valence-corrected chi connectivity index (χ3v) is 4.19. The molecular formula is C13H20O3S. The SMILES string of the molecule is COCCS(=O)(=O)Cc1ccc(C(C)C)cc1. The average Bonchev–Trinajstić information content (AvgIpc) is 2.26. The zero-order chi connectivity index (χ0) is 12.9. The van der Waals surface area contributed by atoms with Crippen LogP contribution in [0, 0.1) is 0 Å². The van der Waals surface area contributed by atoms with Crippen LogP contribution in [0.5, 0.6) is 0 Å². The van der Waals surface area contributed by atoms with Gasteiger partial charge in [0, 0.05) is 7.11 Å². The second kappa shape index (κ2) is 6.17. The molecule has 0 aromatic heterocycles. The first kappa shape index (κ1) is 14.2. The van der Waals surface area contributed by atoms with Crippen LogP contribution in [0.1, 0.15) is 30.9 Å². The molecule has 3 nitrogen and oxygen atoms in total. The smallest absolute Gasteiger partial charge is 0.156 e. The first-order valence-electron chi connectivity index (χ1n) is 5.73. The lowest BCUT2D eigenvalue weighted by molar-refractivity contribution is 0.217. The Bertz CT molecular complexity index is 432. The lowest BCUT2D eigenvalue weighted by Crippen LogP contribution is -2.13. The molecule has 0 aliphatic heterocycles. The van der Waals surface area contributed by atoms with Gasteiger partial charge >= 0.3 is 0 Å². The van der Waals surface area contributed by atoms with Gasteiger partial charge in [0.1, 0.15) is 0 Å². The molecule has 0 saturated carbocycles. The van der Waals surface area contributed by atoms with Gasteiger partial charge in [0.25, 0.3) is 0 Å². The summed E-state index contributed by atoms with van der Waals surface area (Å²) in [6.45, 7) is 4.49. The van der Waals surface area contributed by atoms with Crippen LogP contribution in [0.15, 0.2) is 24.3 Å². The van der Waals surface area contributed by atoms with Crippen molar-refractivity contribution in [1.82, 2.24) is 0 Å². The van der Waals surface area contributed by atoms with E-state index in [-0.39, 0.29) is 18.1 Å². The predicted molar refractivity (Wildman–Crippen MR) is 69.9 cm³/mol. The van der Waals surface area contributed by atoms with Gasteiger partial charge in [-0.1, -0.05) is 38.1 Å². The summed E-state index contributed by atoms with van der Waals surface area (Å²) in [7, 11) is -1.55. The number of ether oxygens (including phenoxy) is 1. The fraction of sp³-hybridized carbons (Fsp3) is 0.538. The third-order valence-electron chi connectivity index (χ3n) is 2.63. The summed E-state index contributed by atoms with van der Waals surface area (Å²) >= 11 is 0. The molecule has 0 atom stereocenters. The molecule has 0 saturated heterocycles. The molecule has 0 aliphatic rings.